The zero-order chi connectivity index (χ0) is 26.7. The molecule has 0 radical (unpaired) electrons. The van der Waals surface area contributed by atoms with Gasteiger partial charge in [0.1, 0.15) is 6.04 Å². The van der Waals surface area contributed by atoms with E-state index in [0.29, 0.717) is 25.2 Å². The van der Waals surface area contributed by atoms with Crippen molar-refractivity contribution in [3.8, 4) is 0 Å². The van der Waals surface area contributed by atoms with Gasteiger partial charge in [-0.15, -0.1) is 0 Å². The van der Waals surface area contributed by atoms with Crippen molar-refractivity contribution in [2.24, 2.45) is 0 Å². The van der Waals surface area contributed by atoms with Gasteiger partial charge < -0.3 is 10.2 Å². The van der Waals surface area contributed by atoms with Crippen LogP contribution < -0.4 is 9.62 Å². The molecule has 0 aliphatic heterocycles. The van der Waals surface area contributed by atoms with Crippen molar-refractivity contribution in [1.29, 1.82) is 0 Å². The number of nitrogens with zero attached hydrogens (tertiary/aromatic N) is 2. The van der Waals surface area contributed by atoms with Gasteiger partial charge in [0.25, 0.3) is 0 Å². The Labute approximate surface area is 216 Å². The Hall–Kier alpha value is -2.87. The molecular weight excluding hydrogens is 474 g/mol. The summed E-state index contributed by atoms with van der Waals surface area (Å²) in [5.74, 6) is -0.360. The summed E-state index contributed by atoms with van der Waals surface area (Å²) >= 11 is 0. The van der Waals surface area contributed by atoms with Crippen LogP contribution in [-0.2, 0) is 32.6 Å². The van der Waals surface area contributed by atoms with Crippen molar-refractivity contribution < 1.29 is 18.0 Å². The summed E-state index contributed by atoms with van der Waals surface area (Å²) in [6.45, 7) is 8.92. The van der Waals surface area contributed by atoms with Crippen LogP contribution in [0.1, 0.15) is 63.1 Å². The van der Waals surface area contributed by atoms with E-state index in [1.165, 1.54) is 10.6 Å². The van der Waals surface area contributed by atoms with Gasteiger partial charge in [0.2, 0.25) is 21.8 Å². The number of anilines is 1. The SMILES string of the molecule is CCCCNC(=O)C(C)N(Cc1ccc(C)cc1)C(=O)CCCN(c1ccc(CC)cc1)S(C)(=O)=O. The molecule has 0 spiro atoms. The van der Waals surface area contributed by atoms with Gasteiger partial charge in [0.05, 0.1) is 11.9 Å². The third-order valence-corrected chi connectivity index (χ3v) is 7.45. The second-order valence-corrected chi connectivity index (χ2v) is 11.2. The minimum atomic E-state index is -3.51. The minimum absolute atomic E-state index is 0.136. The first-order valence-electron chi connectivity index (χ1n) is 12.8. The summed E-state index contributed by atoms with van der Waals surface area (Å²) < 4.78 is 26.3. The molecule has 7 nitrogen and oxygen atoms in total. The highest BCUT2D eigenvalue weighted by molar-refractivity contribution is 7.92. The van der Waals surface area contributed by atoms with Gasteiger partial charge in [-0.1, -0.05) is 62.2 Å². The maximum Gasteiger partial charge on any atom is 0.242 e. The molecule has 0 bridgehead atoms. The molecule has 0 fully saturated rings. The lowest BCUT2D eigenvalue weighted by molar-refractivity contribution is -0.140. The molecule has 1 N–H and O–H groups in total. The Kier molecular flexibility index (Phi) is 11.4. The van der Waals surface area contributed by atoms with E-state index >= 15 is 0 Å². The molecule has 0 saturated heterocycles. The van der Waals surface area contributed by atoms with E-state index in [4.69, 9.17) is 0 Å². The van der Waals surface area contributed by atoms with Gasteiger partial charge >= 0.3 is 0 Å². The van der Waals surface area contributed by atoms with Gasteiger partial charge in [-0.3, -0.25) is 13.9 Å². The summed E-state index contributed by atoms with van der Waals surface area (Å²) in [4.78, 5) is 27.7. The molecule has 1 atom stereocenters. The number of hydrogen-bond acceptors (Lipinski definition) is 4. The predicted molar refractivity (Wildman–Crippen MR) is 146 cm³/mol. The van der Waals surface area contributed by atoms with Crippen molar-refractivity contribution in [2.45, 2.75) is 72.4 Å². The van der Waals surface area contributed by atoms with Crippen molar-refractivity contribution in [3.63, 3.8) is 0 Å². The number of hydrogen-bond donors (Lipinski definition) is 1. The van der Waals surface area contributed by atoms with Crippen molar-refractivity contribution in [3.05, 3.63) is 65.2 Å². The van der Waals surface area contributed by atoms with E-state index in [9.17, 15) is 18.0 Å². The van der Waals surface area contributed by atoms with E-state index in [2.05, 4.69) is 12.2 Å². The number of carbonyl (C=O) groups is 2. The zero-order valence-electron chi connectivity index (χ0n) is 22.3. The first-order chi connectivity index (χ1) is 17.1. The number of sulfonamides is 1. The van der Waals surface area contributed by atoms with E-state index in [1.807, 2.05) is 50.2 Å². The Balaban J connectivity index is 2.13. The molecule has 8 heteroatoms. The third kappa shape index (κ3) is 8.97. The van der Waals surface area contributed by atoms with Crippen LogP contribution in [0, 0.1) is 6.92 Å². The largest absolute Gasteiger partial charge is 0.354 e. The van der Waals surface area contributed by atoms with E-state index in [1.54, 1.807) is 24.0 Å². The number of benzene rings is 2. The van der Waals surface area contributed by atoms with Crippen LogP contribution in [0.4, 0.5) is 5.69 Å². The quantitative estimate of drug-likeness (QED) is 0.377. The molecule has 0 saturated carbocycles. The van der Waals surface area contributed by atoms with Crippen molar-refractivity contribution in [1.82, 2.24) is 10.2 Å². The van der Waals surface area contributed by atoms with Crippen LogP contribution in [0.5, 0.6) is 0 Å². The molecule has 0 aliphatic carbocycles. The fraction of sp³-hybridized carbons (Fsp3) is 0.500. The van der Waals surface area contributed by atoms with Crippen LogP contribution in [0.3, 0.4) is 0 Å². The highest BCUT2D eigenvalue weighted by Gasteiger charge is 2.26. The second-order valence-electron chi connectivity index (χ2n) is 9.29. The highest BCUT2D eigenvalue weighted by atomic mass is 32.2. The smallest absolute Gasteiger partial charge is 0.242 e. The van der Waals surface area contributed by atoms with Gasteiger partial charge in [-0.25, -0.2) is 8.42 Å². The number of amides is 2. The van der Waals surface area contributed by atoms with Crippen LogP contribution in [0.25, 0.3) is 0 Å². The molecule has 2 amide bonds. The molecule has 1 unspecified atom stereocenters. The first kappa shape index (κ1) is 29.4. The molecule has 36 heavy (non-hydrogen) atoms. The average molecular weight is 516 g/mol. The average Bonchev–Trinajstić information content (AvgIpc) is 2.85. The standard InChI is InChI=1S/C28H41N3O4S/c1-6-8-19-29-28(33)23(4)30(21-25-13-11-22(3)12-14-25)27(32)10-9-20-31(36(5,34)35)26-17-15-24(7-2)16-18-26/h11-18,23H,6-10,19-21H2,1-5H3,(H,29,33). The lowest BCUT2D eigenvalue weighted by atomic mass is 10.1. The minimum Gasteiger partial charge on any atom is -0.354 e. The summed E-state index contributed by atoms with van der Waals surface area (Å²) in [6, 6.07) is 14.7. The van der Waals surface area contributed by atoms with E-state index in [-0.39, 0.29) is 24.8 Å². The monoisotopic (exact) mass is 515 g/mol. The molecule has 0 aliphatic rings. The van der Waals surface area contributed by atoms with Gasteiger partial charge in [-0.05, 0) is 56.4 Å². The van der Waals surface area contributed by atoms with Gasteiger partial charge in [0.15, 0.2) is 0 Å². The summed E-state index contributed by atoms with van der Waals surface area (Å²) in [5.41, 5.74) is 3.77. The number of aryl methyl sites for hydroxylation is 2. The number of unbranched alkanes of at least 4 members (excludes halogenated alkanes) is 1. The lowest BCUT2D eigenvalue weighted by Crippen LogP contribution is -2.48. The summed E-state index contributed by atoms with van der Waals surface area (Å²) in [7, 11) is -3.51. The molecule has 2 aromatic rings. The molecule has 0 aromatic heterocycles. The van der Waals surface area contributed by atoms with Gasteiger partial charge in [0, 0.05) is 26.1 Å². The Morgan fingerprint density at radius 1 is 0.944 bits per heavy atom. The second kappa shape index (κ2) is 14.0. The van der Waals surface area contributed by atoms with E-state index < -0.39 is 16.1 Å². The van der Waals surface area contributed by atoms with E-state index in [0.717, 1.165) is 36.0 Å². The fourth-order valence-corrected chi connectivity index (χ4v) is 4.88. The lowest BCUT2D eigenvalue weighted by Gasteiger charge is -2.29. The molecule has 0 heterocycles. The Morgan fingerprint density at radius 2 is 1.56 bits per heavy atom. The summed E-state index contributed by atoms with van der Waals surface area (Å²) in [6.07, 6.45) is 4.38. The van der Waals surface area contributed by atoms with Gasteiger partial charge in [-0.2, -0.15) is 0 Å². The molecule has 198 valence electrons. The van der Waals surface area contributed by atoms with Crippen LogP contribution in [-0.4, -0.2) is 50.5 Å². The number of nitrogens with one attached hydrogen (secondary N) is 1. The maximum absolute atomic E-state index is 13.3. The first-order valence-corrected chi connectivity index (χ1v) is 14.6. The summed E-state index contributed by atoms with van der Waals surface area (Å²) in [5, 5.41) is 2.92. The van der Waals surface area contributed by atoms with Crippen LogP contribution in [0.15, 0.2) is 48.5 Å². The number of carbonyl (C=O) groups excluding carboxylic acids is 2. The fourth-order valence-electron chi connectivity index (χ4n) is 3.91. The van der Waals surface area contributed by atoms with Crippen LogP contribution in [0.2, 0.25) is 0 Å². The normalized spacial score (nSPS) is 12.1. The number of rotatable bonds is 14. The Bertz CT molecular complexity index is 1080. The zero-order valence-corrected chi connectivity index (χ0v) is 23.1. The maximum atomic E-state index is 13.3. The third-order valence-electron chi connectivity index (χ3n) is 6.26. The van der Waals surface area contributed by atoms with Crippen molar-refractivity contribution >= 4 is 27.5 Å². The van der Waals surface area contributed by atoms with Crippen LogP contribution >= 0.6 is 0 Å². The highest BCUT2D eigenvalue weighted by Crippen LogP contribution is 2.20. The predicted octanol–water partition coefficient (Wildman–Crippen LogP) is 4.44. The topological polar surface area (TPSA) is 86.8 Å². The molecular formula is C28H41N3O4S. The molecule has 2 aromatic carbocycles. The van der Waals surface area contributed by atoms with Crippen molar-refractivity contribution in [2.75, 3.05) is 23.7 Å². The Morgan fingerprint density at radius 3 is 2.11 bits per heavy atom. The molecule has 2 rings (SSSR count).